The van der Waals surface area contributed by atoms with E-state index in [0.29, 0.717) is 23.9 Å². The summed E-state index contributed by atoms with van der Waals surface area (Å²) in [6, 6.07) is 6.96. The zero-order valence-electron chi connectivity index (χ0n) is 11.0. The Morgan fingerprint density at radius 3 is 2.75 bits per heavy atom. The molecule has 1 aromatic carbocycles. The first-order valence-corrected chi connectivity index (χ1v) is 6.28. The Morgan fingerprint density at radius 2 is 2.10 bits per heavy atom. The molecular weight excluding hydrogens is 286 g/mol. The summed E-state index contributed by atoms with van der Waals surface area (Å²) in [7, 11) is 1.59. The highest BCUT2D eigenvalue weighted by Gasteiger charge is 2.09. The zero-order valence-corrected chi connectivity index (χ0v) is 11.8. The topological polar surface area (TPSA) is 76.1 Å². The highest BCUT2D eigenvalue weighted by Crippen LogP contribution is 2.16. The lowest BCUT2D eigenvalue weighted by molar-refractivity contribution is -0.145. The minimum atomic E-state index is -1.11. The van der Waals surface area contributed by atoms with Gasteiger partial charge in [0.2, 0.25) is 5.91 Å². The summed E-state index contributed by atoms with van der Waals surface area (Å²) in [6.07, 6.45) is 0. The first-order chi connectivity index (χ1) is 9.49. The summed E-state index contributed by atoms with van der Waals surface area (Å²) in [4.78, 5) is 23.2. The van der Waals surface area contributed by atoms with Gasteiger partial charge in [0.15, 0.2) is 0 Å². The molecular formula is C13H16ClNO5. The SMILES string of the molecule is CN(CCOc1cccc(Cl)c1)C(=O)COCC(=O)O. The molecule has 0 saturated carbocycles. The van der Waals surface area contributed by atoms with Gasteiger partial charge in [-0.25, -0.2) is 4.79 Å². The average molecular weight is 302 g/mol. The van der Waals surface area contributed by atoms with Crippen LogP contribution in [0, 0.1) is 0 Å². The standard InChI is InChI=1S/C13H16ClNO5/c1-15(12(16)8-19-9-13(17)18)5-6-20-11-4-2-3-10(14)7-11/h2-4,7H,5-6,8-9H2,1H3,(H,17,18). The lowest BCUT2D eigenvalue weighted by Crippen LogP contribution is -2.34. The van der Waals surface area contributed by atoms with Crippen molar-refractivity contribution in [2.75, 3.05) is 33.4 Å². The molecule has 0 unspecified atom stereocenters. The van der Waals surface area contributed by atoms with E-state index in [0.717, 1.165) is 0 Å². The minimum Gasteiger partial charge on any atom is -0.492 e. The van der Waals surface area contributed by atoms with E-state index in [1.165, 1.54) is 4.90 Å². The van der Waals surface area contributed by atoms with Crippen LogP contribution >= 0.6 is 11.6 Å². The third kappa shape index (κ3) is 6.40. The van der Waals surface area contributed by atoms with Crippen molar-refractivity contribution >= 4 is 23.5 Å². The number of benzene rings is 1. The number of carboxylic acids is 1. The molecule has 1 rings (SSSR count). The molecule has 1 amide bonds. The molecule has 0 aliphatic rings. The number of carbonyl (C=O) groups excluding carboxylic acids is 1. The van der Waals surface area contributed by atoms with Crippen LogP contribution in [0.15, 0.2) is 24.3 Å². The number of halogens is 1. The van der Waals surface area contributed by atoms with Gasteiger partial charge in [0.25, 0.3) is 0 Å². The van der Waals surface area contributed by atoms with Crippen molar-refractivity contribution in [2.24, 2.45) is 0 Å². The summed E-state index contributed by atoms with van der Waals surface area (Å²) < 4.78 is 10.1. The molecule has 0 spiro atoms. The van der Waals surface area contributed by atoms with Crippen LogP contribution < -0.4 is 4.74 Å². The lowest BCUT2D eigenvalue weighted by Gasteiger charge is -2.17. The Bertz CT molecular complexity index is 466. The van der Waals surface area contributed by atoms with E-state index < -0.39 is 12.6 Å². The van der Waals surface area contributed by atoms with Crippen LogP contribution in [0.3, 0.4) is 0 Å². The number of ether oxygens (including phenoxy) is 2. The Kier molecular flexibility index (Phi) is 6.83. The third-order valence-corrected chi connectivity index (χ3v) is 2.60. The Labute approximate surface area is 121 Å². The molecule has 1 aromatic rings. The van der Waals surface area contributed by atoms with Gasteiger partial charge in [0.1, 0.15) is 25.6 Å². The number of hydrogen-bond acceptors (Lipinski definition) is 4. The number of nitrogens with zero attached hydrogens (tertiary/aromatic N) is 1. The molecule has 7 heteroatoms. The van der Waals surface area contributed by atoms with Crippen LogP contribution in [0.1, 0.15) is 0 Å². The van der Waals surface area contributed by atoms with Crippen molar-refractivity contribution in [1.82, 2.24) is 4.90 Å². The van der Waals surface area contributed by atoms with E-state index in [1.807, 2.05) is 0 Å². The summed E-state index contributed by atoms with van der Waals surface area (Å²) in [5.41, 5.74) is 0. The fourth-order valence-corrected chi connectivity index (χ4v) is 1.50. The van der Waals surface area contributed by atoms with Crippen molar-refractivity contribution < 1.29 is 24.2 Å². The van der Waals surface area contributed by atoms with Gasteiger partial charge in [-0.1, -0.05) is 17.7 Å². The number of hydrogen-bond donors (Lipinski definition) is 1. The number of rotatable bonds is 8. The van der Waals surface area contributed by atoms with Gasteiger partial charge >= 0.3 is 5.97 Å². The highest BCUT2D eigenvalue weighted by molar-refractivity contribution is 6.30. The van der Waals surface area contributed by atoms with Crippen molar-refractivity contribution in [3.05, 3.63) is 29.3 Å². The largest absolute Gasteiger partial charge is 0.492 e. The van der Waals surface area contributed by atoms with Crippen LogP contribution in [0.2, 0.25) is 5.02 Å². The summed E-state index contributed by atoms with van der Waals surface area (Å²) in [5.74, 6) is -0.786. The molecule has 6 nitrogen and oxygen atoms in total. The van der Waals surface area contributed by atoms with Crippen LogP contribution in [0.25, 0.3) is 0 Å². The number of likely N-dealkylation sites (N-methyl/N-ethyl adjacent to an activating group) is 1. The predicted molar refractivity (Wildman–Crippen MR) is 73.0 cm³/mol. The first kappa shape index (κ1) is 16.3. The molecule has 1 N–H and O–H groups in total. The number of aliphatic carboxylic acids is 1. The van der Waals surface area contributed by atoms with Crippen molar-refractivity contribution in [1.29, 1.82) is 0 Å². The smallest absolute Gasteiger partial charge is 0.329 e. The molecule has 110 valence electrons. The maximum atomic E-state index is 11.6. The van der Waals surface area contributed by atoms with E-state index in [1.54, 1.807) is 31.3 Å². The van der Waals surface area contributed by atoms with Gasteiger partial charge in [-0.05, 0) is 18.2 Å². The molecule has 0 aromatic heterocycles. The van der Waals surface area contributed by atoms with Crippen molar-refractivity contribution in [3.63, 3.8) is 0 Å². The molecule has 0 radical (unpaired) electrons. The van der Waals surface area contributed by atoms with E-state index in [2.05, 4.69) is 0 Å². The first-order valence-electron chi connectivity index (χ1n) is 5.91. The van der Waals surface area contributed by atoms with Crippen molar-refractivity contribution in [2.45, 2.75) is 0 Å². The van der Waals surface area contributed by atoms with E-state index in [4.69, 9.17) is 26.2 Å². The molecule has 20 heavy (non-hydrogen) atoms. The van der Waals surface area contributed by atoms with Crippen LogP contribution in [0.5, 0.6) is 5.75 Å². The quantitative estimate of drug-likeness (QED) is 0.783. The van der Waals surface area contributed by atoms with E-state index >= 15 is 0 Å². The summed E-state index contributed by atoms with van der Waals surface area (Å²) in [6.45, 7) is -0.0815. The maximum absolute atomic E-state index is 11.6. The van der Waals surface area contributed by atoms with Gasteiger partial charge in [-0.15, -0.1) is 0 Å². The fraction of sp³-hybridized carbons (Fsp3) is 0.385. The van der Waals surface area contributed by atoms with E-state index in [9.17, 15) is 9.59 Å². The third-order valence-electron chi connectivity index (χ3n) is 2.37. The summed E-state index contributed by atoms with van der Waals surface area (Å²) in [5, 5.41) is 8.95. The highest BCUT2D eigenvalue weighted by atomic mass is 35.5. The predicted octanol–water partition coefficient (Wildman–Crippen LogP) is 1.28. The molecule has 0 bridgehead atoms. The molecule has 0 aliphatic heterocycles. The molecule has 0 fully saturated rings. The monoisotopic (exact) mass is 301 g/mol. The Morgan fingerprint density at radius 1 is 1.35 bits per heavy atom. The lowest BCUT2D eigenvalue weighted by atomic mass is 10.3. The Hall–Kier alpha value is -1.79. The van der Waals surface area contributed by atoms with Crippen LogP contribution in [-0.4, -0.2) is 55.3 Å². The normalized spacial score (nSPS) is 10.1. The van der Waals surface area contributed by atoms with Crippen LogP contribution in [0.4, 0.5) is 0 Å². The Balaban J connectivity index is 2.23. The van der Waals surface area contributed by atoms with Gasteiger partial charge in [0, 0.05) is 12.1 Å². The van der Waals surface area contributed by atoms with Gasteiger partial charge in [-0.2, -0.15) is 0 Å². The molecule has 0 heterocycles. The molecule has 0 saturated heterocycles. The molecule has 0 aliphatic carbocycles. The molecule has 0 atom stereocenters. The maximum Gasteiger partial charge on any atom is 0.329 e. The second-order valence-electron chi connectivity index (χ2n) is 4.01. The number of carboxylic acid groups (broad SMARTS) is 1. The summed E-state index contributed by atoms with van der Waals surface area (Å²) >= 11 is 5.81. The zero-order chi connectivity index (χ0) is 15.0. The van der Waals surface area contributed by atoms with Gasteiger partial charge < -0.3 is 19.5 Å². The minimum absolute atomic E-state index is 0.264. The number of amides is 1. The van der Waals surface area contributed by atoms with Gasteiger partial charge in [-0.3, -0.25) is 4.79 Å². The van der Waals surface area contributed by atoms with Crippen molar-refractivity contribution in [3.8, 4) is 5.75 Å². The second-order valence-corrected chi connectivity index (χ2v) is 4.44. The fourth-order valence-electron chi connectivity index (χ4n) is 1.32. The van der Waals surface area contributed by atoms with Crippen LogP contribution in [-0.2, 0) is 14.3 Å². The van der Waals surface area contributed by atoms with Gasteiger partial charge in [0.05, 0.1) is 6.54 Å². The number of carbonyl (C=O) groups is 2. The second kappa shape index (κ2) is 8.39. The average Bonchev–Trinajstić information content (AvgIpc) is 2.38. The van der Waals surface area contributed by atoms with E-state index in [-0.39, 0.29) is 12.5 Å².